The summed E-state index contributed by atoms with van der Waals surface area (Å²) < 4.78 is 5.19. The predicted molar refractivity (Wildman–Crippen MR) is 63.7 cm³/mol. The number of amides is 2. The van der Waals surface area contributed by atoms with Crippen molar-refractivity contribution in [2.24, 2.45) is 5.41 Å². The standard InChI is InChI=1S/C12H22N2O3/c15-9-12(4-1-2-5-12)8-13-11(16)14-10-3-6-17-7-10/h10,15H,1-9H2,(H2,13,14,16). The molecule has 0 aromatic carbocycles. The zero-order valence-corrected chi connectivity index (χ0v) is 10.2. The summed E-state index contributed by atoms with van der Waals surface area (Å²) in [5, 5.41) is 15.2. The number of hydrogen-bond donors (Lipinski definition) is 3. The molecule has 0 spiro atoms. The summed E-state index contributed by atoms with van der Waals surface area (Å²) in [4.78, 5) is 11.7. The van der Waals surface area contributed by atoms with Crippen LogP contribution in [0, 0.1) is 5.41 Å². The zero-order valence-electron chi connectivity index (χ0n) is 10.2. The summed E-state index contributed by atoms with van der Waals surface area (Å²) in [6.07, 6.45) is 5.21. The average Bonchev–Trinajstić information content (AvgIpc) is 2.98. The van der Waals surface area contributed by atoms with E-state index in [0.717, 1.165) is 38.7 Å². The van der Waals surface area contributed by atoms with Gasteiger partial charge in [-0.2, -0.15) is 0 Å². The van der Waals surface area contributed by atoms with Crippen molar-refractivity contribution in [3.05, 3.63) is 0 Å². The van der Waals surface area contributed by atoms with Crippen LogP contribution in [0.4, 0.5) is 4.79 Å². The molecule has 1 aliphatic heterocycles. The predicted octanol–water partition coefficient (Wildman–Crippen LogP) is 0.627. The lowest BCUT2D eigenvalue weighted by atomic mass is 9.87. The van der Waals surface area contributed by atoms with E-state index >= 15 is 0 Å². The number of rotatable bonds is 4. The van der Waals surface area contributed by atoms with Crippen molar-refractivity contribution in [2.75, 3.05) is 26.4 Å². The molecule has 0 aromatic heterocycles. The van der Waals surface area contributed by atoms with Gasteiger partial charge in [0.15, 0.2) is 0 Å². The molecule has 0 radical (unpaired) electrons. The van der Waals surface area contributed by atoms with E-state index in [-0.39, 0.29) is 24.1 Å². The van der Waals surface area contributed by atoms with Crippen LogP contribution in [0.25, 0.3) is 0 Å². The Balaban J connectivity index is 1.71. The van der Waals surface area contributed by atoms with E-state index < -0.39 is 0 Å². The Morgan fingerprint density at radius 1 is 1.41 bits per heavy atom. The molecule has 1 heterocycles. The quantitative estimate of drug-likeness (QED) is 0.677. The first-order chi connectivity index (χ1) is 8.24. The highest BCUT2D eigenvalue weighted by Gasteiger charge is 2.33. The summed E-state index contributed by atoms with van der Waals surface area (Å²) in [7, 11) is 0. The van der Waals surface area contributed by atoms with Crippen LogP contribution < -0.4 is 10.6 Å². The van der Waals surface area contributed by atoms with Crippen molar-refractivity contribution in [1.29, 1.82) is 0 Å². The molecule has 0 bridgehead atoms. The second kappa shape index (κ2) is 5.69. The molecule has 1 atom stereocenters. The van der Waals surface area contributed by atoms with Gasteiger partial charge in [-0.25, -0.2) is 4.79 Å². The maximum atomic E-state index is 11.7. The number of ether oxygens (including phenoxy) is 1. The van der Waals surface area contributed by atoms with E-state index in [0.29, 0.717) is 13.2 Å². The molecule has 2 aliphatic rings. The maximum Gasteiger partial charge on any atom is 0.315 e. The minimum absolute atomic E-state index is 0.0798. The van der Waals surface area contributed by atoms with Crippen LogP contribution in [0.2, 0.25) is 0 Å². The van der Waals surface area contributed by atoms with Gasteiger partial charge in [0, 0.05) is 18.6 Å². The minimum Gasteiger partial charge on any atom is -0.396 e. The van der Waals surface area contributed by atoms with Gasteiger partial charge in [-0.1, -0.05) is 12.8 Å². The molecule has 3 N–H and O–H groups in total. The molecular weight excluding hydrogens is 220 g/mol. The van der Waals surface area contributed by atoms with Crippen molar-refractivity contribution < 1.29 is 14.6 Å². The fourth-order valence-corrected chi connectivity index (χ4v) is 2.67. The summed E-state index contributed by atoms with van der Waals surface area (Å²) in [6.45, 7) is 2.08. The monoisotopic (exact) mass is 242 g/mol. The molecule has 1 aliphatic carbocycles. The second-order valence-electron chi connectivity index (χ2n) is 5.25. The molecule has 2 rings (SSSR count). The number of aliphatic hydroxyl groups is 1. The highest BCUT2D eigenvalue weighted by molar-refractivity contribution is 5.74. The number of carbonyl (C=O) groups is 1. The third-order valence-electron chi connectivity index (χ3n) is 3.89. The molecule has 5 heteroatoms. The summed E-state index contributed by atoms with van der Waals surface area (Å²) in [5.74, 6) is 0. The number of aliphatic hydroxyl groups excluding tert-OH is 1. The van der Waals surface area contributed by atoms with Gasteiger partial charge in [-0.05, 0) is 19.3 Å². The topological polar surface area (TPSA) is 70.6 Å². The number of nitrogens with one attached hydrogen (secondary N) is 2. The third kappa shape index (κ3) is 3.33. The number of urea groups is 1. The fraction of sp³-hybridized carbons (Fsp3) is 0.917. The van der Waals surface area contributed by atoms with Gasteiger partial charge in [-0.15, -0.1) is 0 Å². The van der Waals surface area contributed by atoms with Gasteiger partial charge >= 0.3 is 6.03 Å². The van der Waals surface area contributed by atoms with Crippen molar-refractivity contribution in [3.63, 3.8) is 0 Å². The second-order valence-corrected chi connectivity index (χ2v) is 5.25. The zero-order chi connectivity index (χ0) is 12.1. The van der Waals surface area contributed by atoms with Gasteiger partial charge < -0.3 is 20.5 Å². The molecule has 1 saturated heterocycles. The van der Waals surface area contributed by atoms with E-state index in [1.165, 1.54) is 0 Å². The van der Waals surface area contributed by atoms with Gasteiger partial charge in [-0.3, -0.25) is 0 Å². The van der Waals surface area contributed by atoms with Gasteiger partial charge in [0.25, 0.3) is 0 Å². The average molecular weight is 242 g/mol. The SMILES string of the molecule is O=C(NCC1(CO)CCCC1)NC1CCOC1. The van der Waals surface area contributed by atoms with Crippen LogP contribution >= 0.6 is 0 Å². The molecule has 0 aromatic rings. The van der Waals surface area contributed by atoms with E-state index in [1.807, 2.05) is 0 Å². The molecule has 2 fully saturated rings. The molecule has 2 amide bonds. The first kappa shape index (κ1) is 12.6. The van der Waals surface area contributed by atoms with Crippen molar-refractivity contribution in [2.45, 2.75) is 38.1 Å². The molecule has 5 nitrogen and oxygen atoms in total. The molecule has 1 saturated carbocycles. The Morgan fingerprint density at radius 2 is 2.18 bits per heavy atom. The Kier molecular flexibility index (Phi) is 4.23. The van der Waals surface area contributed by atoms with Crippen LogP contribution in [-0.4, -0.2) is 43.5 Å². The first-order valence-corrected chi connectivity index (χ1v) is 6.47. The van der Waals surface area contributed by atoms with Gasteiger partial charge in [0.05, 0.1) is 19.3 Å². The minimum atomic E-state index is -0.139. The Morgan fingerprint density at radius 3 is 2.76 bits per heavy atom. The Bertz CT molecular complexity index is 258. The molecule has 98 valence electrons. The van der Waals surface area contributed by atoms with Crippen LogP contribution in [0.15, 0.2) is 0 Å². The highest BCUT2D eigenvalue weighted by Crippen LogP contribution is 2.36. The van der Waals surface area contributed by atoms with Gasteiger partial charge in [0.2, 0.25) is 0 Å². The Labute approximate surface area is 102 Å². The van der Waals surface area contributed by atoms with E-state index in [2.05, 4.69) is 10.6 Å². The summed E-state index contributed by atoms with van der Waals surface area (Å²) in [5.41, 5.74) is -0.0798. The molecule has 1 unspecified atom stereocenters. The van der Waals surface area contributed by atoms with Crippen LogP contribution in [0.3, 0.4) is 0 Å². The van der Waals surface area contributed by atoms with Crippen molar-refractivity contribution >= 4 is 6.03 Å². The number of carbonyl (C=O) groups excluding carboxylic acids is 1. The number of hydrogen-bond acceptors (Lipinski definition) is 3. The Hall–Kier alpha value is -0.810. The smallest absolute Gasteiger partial charge is 0.315 e. The van der Waals surface area contributed by atoms with E-state index in [1.54, 1.807) is 0 Å². The molecule has 17 heavy (non-hydrogen) atoms. The van der Waals surface area contributed by atoms with Crippen molar-refractivity contribution in [1.82, 2.24) is 10.6 Å². The summed E-state index contributed by atoms with van der Waals surface area (Å²) >= 11 is 0. The van der Waals surface area contributed by atoms with Gasteiger partial charge in [0.1, 0.15) is 0 Å². The van der Waals surface area contributed by atoms with Crippen LogP contribution in [0.1, 0.15) is 32.1 Å². The van der Waals surface area contributed by atoms with Crippen LogP contribution in [-0.2, 0) is 4.74 Å². The van der Waals surface area contributed by atoms with Crippen LogP contribution in [0.5, 0.6) is 0 Å². The van der Waals surface area contributed by atoms with Crippen molar-refractivity contribution in [3.8, 4) is 0 Å². The lowest BCUT2D eigenvalue weighted by Gasteiger charge is -2.26. The third-order valence-corrected chi connectivity index (χ3v) is 3.89. The normalized spacial score (nSPS) is 27.0. The largest absolute Gasteiger partial charge is 0.396 e. The lowest BCUT2D eigenvalue weighted by Crippen LogP contribution is -2.46. The first-order valence-electron chi connectivity index (χ1n) is 6.47. The summed E-state index contributed by atoms with van der Waals surface area (Å²) in [6, 6.07) is 0.00359. The van der Waals surface area contributed by atoms with E-state index in [9.17, 15) is 9.90 Å². The fourth-order valence-electron chi connectivity index (χ4n) is 2.67. The lowest BCUT2D eigenvalue weighted by molar-refractivity contribution is 0.129. The highest BCUT2D eigenvalue weighted by atomic mass is 16.5. The maximum absolute atomic E-state index is 11.7. The molecular formula is C12H22N2O3. The van der Waals surface area contributed by atoms with E-state index in [4.69, 9.17) is 4.74 Å².